The molecule has 0 spiro atoms. The summed E-state index contributed by atoms with van der Waals surface area (Å²) in [6, 6.07) is 24.5. The Morgan fingerprint density at radius 3 is 2.22 bits per heavy atom. The minimum absolute atomic E-state index is 0.154. The molecule has 3 aromatic carbocycles. The van der Waals surface area contributed by atoms with E-state index in [0.29, 0.717) is 25.1 Å². The normalized spacial score (nSPS) is 12.6. The van der Waals surface area contributed by atoms with E-state index in [2.05, 4.69) is 16.7 Å². The molecule has 0 aliphatic carbocycles. The fraction of sp³-hybridized carbons (Fsp3) is 0.231. The topological polar surface area (TPSA) is 110 Å². The first-order valence-electron chi connectivity index (χ1n) is 10.7. The molecule has 0 aliphatic rings. The van der Waals surface area contributed by atoms with Gasteiger partial charge in [-0.15, -0.1) is 0 Å². The SMILES string of the molecule is CC(=O)N[C@@H](Cc1cccc(-c2cccc(N)c2)c1)C[C@H](N)C(=O)NCc1ccccc1. The first-order valence-corrected chi connectivity index (χ1v) is 10.7. The zero-order chi connectivity index (χ0) is 22.9. The van der Waals surface area contributed by atoms with Gasteiger partial charge in [-0.2, -0.15) is 0 Å². The third-order valence-corrected chi connectivity index (χ3v) is 5.22. The summed E-state index contributed by atoms with van der Waals surface area (Å²) < 4.78 is 0. The molecule has 32 heavy (non-hydrogen) atoms. The lowest BCUT2D eigenvalue weighted by Gasteiger charge is -2.22. The van der Waals surface area contributed by atoms with E-state index in [-0.39, 0.29) is 17.9 Å². The average Bonchev–Trinajstić information content (AvgIpc) is 2.78. The number of hydrogen-bond acceptors (Lipinski definition) is 4. The van der Waals surface area contributed by atoms with Crippen molar-refractivity contribution in [1.29, 1.82) is 0 Å². The van der Waals surface area contributed by atoms with Crippen LogP contribution in [0, 0.1) is 0 Å². The number of carbonyl (C=O) groups excluding carboxylic acids is 2. The highest BCUT2D eigenvalue weighted by molar-refractivity contribution is 5.81. The van der Waals surface area contributed by atoms with E-state index in [9.17, 15) is 9.59 Å². The van der Waals surface area contributed by atoms with Crippen LogP contribution < -0.4 is 22.1 Å². The lowest BCUT2D eigenvalue weighted by atomic mass is 9.96. The zero-order valence-corrected chi connectivity index (χ0v) is 18.3. The largest absolute Gasteiger partial charge is 0.399 e. The monoisotopic (exact) mass is 430 g/mol. The minimum atomic E-state index is -0.729. The molecule has 2 amide bonds. The molecule has 0 aliphatic heterocycles. The molecule has 3 aromatic rings. The molecule has 0 saturated heterocycles. The van der Waals surface area contributed by atoms with Crippen LogP contribution in [0.3, 0.4) is 0 Å². The smallest absolute Gasteiger partial charge is 0.237 e. The predicted octanol–water partition coefficient (Wildman–Crippen LogP) is 3.02. The Kier molecular flexibility index (Phi) is 8.00. The molecule has 0 saturated carbocycles. The number of carbonyl (C=O) groups is 2. The van der Waals surface area contributed by atoms with Gasteiger partial charge in [-0.1, -0.05) is 66.7 Å². The lowest BCUT2D eigenvalue weighted by molar-refractivity contribution is -0.124. The van der Waals surface area contributed by atoms with Gasteiger partial charge in [0.05, 0.1) is 6.04 Å². The molecule has 0 fully saturated rings. The van der Waals surface area contributed by atoms with Crippen molar-refractivity contribution in [3.05, 3.63) is 90.0 Å². The summed E-state index contributed by atoms with van der Waals surface area (Å²) in [6.07, 6.45) is 0.901. The van der Waals surface area contributed by atoms with Gasteiger partial charge in [0, 0.05) is 25.2 Å². The van der Waals surface area contributed by atoms with Gasteiger partial charge in [0.25, 0.3) is 0 Å². The molecule has 6 heteroatoms. The van der Waals surface area contributed by atoms with Gasteiger partial charge in [-0.3, -0.25) is 9.59 Å². The molecular weight excluding hydrogens is 400 g/mol. The third kappa shape index (κ3) is 6.96. The molecule has 0 bridgehead atoms. The Bertz CT molecular complexity index is 1050. The number of amides is 2. The second-order valence-corrected chi connectivity index (χ2v) is 7.97. The Balaban J connectivity index is 1.65. The summed E-state index contributed by atoms with van der Waals surface area (Å²) in [5.74, 6) is -0.392. The van der Waals surface area contributed by atoms with E-state index in [1.807, 2.05) is 72.8 Å². The number of nitrogens with one attached hydrogen (secondary N) is 2. The number of rotatable bonds is 9. The molecule has 6 nitrogen and oxygen atoms in total. The number of nitrogen functional groups attached to an aromatic ring is 1. The number of hydrogen-bond donors (Lipinski definition) is 4. The second-order valence-electron chi connectivity index (χ2n) is 7.97. The van der Waals surface area contributed by atoms with E-state index in [4.69, 9.17) is 11.5 Å². The van der Waals surface area contributed by atoms with Crippen LogP contribution >= 0.6 is 0 Å². The maximum Gasteiger partial charge on any atom is 0.237 e. The first-order chi connectivity index (χ1) is 15.4. The maximum atomic E-state index is 12.5. The quantitative estimate of drug-likeness (QED) is 0.391. The van der Waals surface area contributed by atoms with Crippen molar-refractivity contribution in [3.8, 4) is 11.1 Å². The van der Waals surface area contributed by atoms with E-state index < -0.39 is 6.04 Å². The first kappa shape index (κ1) is 23.0. The van der Waals surface area contributed by atoms with Crippen molar-refractivity contribution in [3.63, 3.8) is 0 Å². The maximum absolute atomic E-state index is 12.5. The van der Waals surface area contributed by atoms with Crippen LogP contribution in [-0.2, 0) is 22.6 Å². The molecule has 3 rings (SSSR count). The van der Waals surface area contributed by atoms with E-state index in [1.54, 1.807) is 0 Å². The molecule has 0 aromatic heterocycles. The van der Waals surface area contributed by atoms with Gasteiger partial charge >= 0.3 is 0 Å². The van der Waals surface area contributed by atoms with Crippen LogP contribution in [0.25, 0.3) is 11.1 Å². The molecule has 166 valence electrons. The number of benzene rings is 3. The van der Waals surface area contributed by atoms with Gasteiger partial charge in [0.1, 0.15) is 0 Å². The minimum Gasteiger partial charge on any atom is -0.399 e. The van der Waals surface area contributed by atoms with Crippen molar-refractivity contribution in [2.24, 2.45) is 5.73 Å². The van der Waals surface area contributed by atoms with Crippen molar-refractivity contribution < 1.29 is 9.59 Å². The average molecular weight is 431 g/mol. The Morgan fingerprint density at radius 1 is 0.875 bits per heavy atom. The van der Waals surface area contributed by atoms with Crippen molar-refractivity contribution in [1.82, 2.24) is 10.6 Å². The molecular formula is C26H30N4O2. The predicted molar refractivity (Wildman–Crippen MR) is 128 cm³/mol. The van der Waals surface area contributed by atoms with Crippen LogP contribution in [-0.4, -0.2) is 23.9 Å². The Morgan fingerprint density at radius 2 is 1.53 bits per heavy atom. The van der Waals surface area contributed by atoms with Crippen molar-refractivity contribution >= 4 is 17.5 Å². The fourth-order valence-corrected chi connectivity index (χ4v) is 3.69. The van der Waals surface area contributed by atoms with Gasteiger partial charge in [0.15, 0.2) is 0 Å². The summed E-state index contributed by atoms with van der Waals surface area (Å²) in [7, 11) is 0. The van der Waals surface area contributed by atoms with Crippen LogP contribution in [0.4, 0.5) is 5.69 Å². The third-order valence-electron chi connectivity index (χ3n) is 5.22. The molecule has 0 radical (unpaired) electrons. The van der Waals surface area contributed by atoms with Gasteiger partial charge in [0.2, 0.25) is 11.8 Å². The van der Waals surface area contributed by atoms with Crippen molar-refractivity contribution in [2.75, 3.05) is 5.73 Å². The van der Waals surface area contributed by atoms with Gasteiger partial charge < -0.3 is 22.1 Å². The van der Waals surface area contributed by atoms with Crippen LogP contribution in [0.2, 0.25) is 0 Å². The summed E-state index contributed by atoms with van der Waals surface area (Å²) in [6.45, 7) is 1.89. The summed E-state index contributed by atoms with van der Waals surface area (Å²) in [5.41, 5.74) is 16.9. The van der Waals surface area contributed by atoms with Crippen LogP contribution in [0.1, 0.15) is 24.5 Å². The molecule has 0 heterocycles. The van der Waals surface area contributed by atoms with Crippen LogP contribution in [0.15, 0.2) is 78.9 Å². The Hall–Kier alpha value is -3.64. The van der Waals surface area contributed by atoms with Gasteiger partial charge in [-0.25, -0.2) is 0 Å². The summed E-state index contributed by atoms with van der Waals surface area (Å²) >= 11 is 0. The summed E-state index contributed by atoms with van der Waals surface area (Å²) in [4.78, 5) is 24.3. The number of anilines is 1. The fourth-order valence-electron chi connectivity index (χ4n) is 3.69. The Labute approximate surface area is 189 Å². The van der Waals surface area contributed by atoms with E-state index >= 15 is 0 Å². The van der Waals surface area contributed by atoms with E-state index in [1.165, 1.54) is 6.92 Å². The second kappa shape index (κ2) is 11.1. The molecule has 0 unspecified atom stereocenters. The summed E-state index contributed by atoms with van der Waals surface area (Å²) in [5, 5.41) is 5.81. The van der Waals surface area contributed by atoms with Crippen molar-refractivity contribution in [2.45, 2.75) is 38.4 Å². The van der Waals surface area contributed by atoms with Gasteiger partial charge in [-0.05, 0) is 47.2 Å². The van der Waals surface area contributed by atoms with Crippen LogP contribution in [0.5, 0.6) is 0 Å². The molecule has 6 N–H and O–H groups in total. The highest BCUT2D eigenvalue weighted by Crippen LogP contribution is 2.23. The number of nitrogens with two attached hydrogens (primary N) is 2. The highest BCUT2D eigenvalue weighted by atomic mass is 16.2. The highest BCUT2D eigenvalue weighted by Gasteiger charge is 2.20. The lowest BCUT2D eigenvalue weighted by Crippen LogP contribution is -2.46. The molecule has 2 atom stereocenters. The standard InChI is InChI=1S/C26H30N4O2/c1-18(31)30-24(16-25(28)26(32)29-17-19-7-3-2-4-8-19)14-20-9-5-10-21(13-20)22-11-6-12-23(27)15-22/h2-13,15,24-25H,14,16-17,27-28H2,1H3,(H,29,32)(H,30,31)/t24-,25-/m0/s1. The zero-order valence-electron chi connectivity index (χ0n) is 18.3. The van der Waals surface area contributed by atoms with E-state index in [0.717, 1.165) is 22.3 Å².